The summed E-state index contributed by atoms with van der Waals surface area (Å²) in [4.78, 5) is 11.4. The van der Waals surface area contributed by atoms with E-state index in [-0.39, 0.29) is 12.1 Å². The van der Waals surface area contributed by atoms with Gasteiger partial charge < -0.3 is 9.47 Å². The van der Waals surface area contributed by atoms with Crippen molar-refractivity contribution >= 4 is 5.97 Å². The lowest BCUT2D eigenvalue weighted by Gasteiger charge is -2.15. The molecule has 2 aromatic carbocycles. The topological polar surface area (TPSA) is 35.5 Å². The monoisotopic (exact) mass is 270 g/mol. The summed E-state index contributed by atoms with van der Waals surface area (Å²) in [5.74, 6) is 0.504. The Kier molecular flexibility index (Phi) is 4.41. The summed E-state index contributed by atoms with van der Waals surface area (Å²) < 4.78 is 10.5. The Labute approximate surface area is 119 Å². The predicted octanol–water partition coefficient (Wildman–Crippen LogP) is 3.92. The molecule has 104 valence electrons. The van der Waals surface area contributed by atoms with Gasteiger partial charge in [0.2, 0.25) is 0 Å². The first kappa shape index (κ1) is 14.1. The molecule has 0 bridgehead atoms. The number of hydrogen-bond acceptors (Lipinski definition) is 3. The number of carbonyl (C=O) groups excluding carboxylic acids is 1. The van der Waals surface area contributed by atoms with E-state index in [1.165, 1.54) is 12.7 Å². The Morgan fingerprint density at radius 1 is 1.00 bits per heavy atom. The largest absolute Gasteiger partial charge is 0.486 e. The molecule has 0 aliphatic heterocycles. The van der Waals surface area contributed by atoms with Gasteiger partial charge in [-0.1, -0.05) is 29.8 Å². The molecule has 2 aromatic rings. The third-order valence-corrected chi connectivity index (χ3v) is 3.14. The zero-order valence-electron chi connectivity index (χ0n) is 11.9. The van der Waals surface area contributed by atoms with Gasteiger partial charge in [0.15, 0.2) is 0 Å². The van der Waals surface area contributed by atoms with Crippen LogP contribution in [-0.2, 0) is 4.74 Å². The Bertz CT molecular complexity index is 570. The first-order valence-corrected chi connectivity index (χ1v) is 6.52. The molecule has 0 spiro atoms. The second-order valence-corrected chi connectivity index (χ2v) is 4.69. The lowest BCUT2D eigenvalue weighted by Crippen LogP contribution is -2.05. The van der Waals surface area contributed by atoms with E-state index in [1.807, 2.05) is 50.2 Å². The first-order chi connectivity index (χ1) is 9.60. The molecule has 1 unspecified atom stereocenters. The minimum atomic E-state index is -0.330. The SMILES string of the molecule is COC(=O)c1ccc(C(C)Oc2ccc(C)cc2)cc1. The summed E-state index contributed by atoms with van der Waals surface area (Å²) in [6.45, 7) is 4.02. The Morgan fingerprint density at radius 3 is 2.15 bits per heavy atom. The van der Waals surface area contributed by atoms with Crippen LogP contribution < -0.4 is 4.74 Å². The quantitative estimate of drug-likeness (QED) is 0.790. The molecule has 0 aliphatic carbocycles. The highest BCUT2D eigenvalue weighted by Gasteiger charge is 2.09. The number of aryl methyl sites for hydroxylation is 1. The molecule has 0 saturated heterocycles. The van der Waals surface area contributed by atoms with Crippen molar-refractivity contribution in [3.63, 3.8) is 0 Å². The summed E-state index contributed by atoms with van der Waals surface area (Å²) in [6, 6.07) is 15.2. The maximum Gasteiger partial charge on any atom is 0.337 e. The fraction of sp³-hybridized carbons (Fsp3) is 0.235. The molecule has 3 nitrogen and oxygen atoms in total. The van der Waals surface area contributed by atoms with Crippen LogP contribution in [0, 0.1) is 6.92 Å². The van der Waals surface area contributed by atoms with E-state index >= 15 is 0 Å². The van der Waals surface area contributed by atoms with E-state index in [0.29, 0.717) is 5.56 Å². The molecule has 0 radical (unpaired) electrons. The maximum atomic E-state index is 11.4. The van der Waals surface area contributed by atoms with Crippen molar-refractivity contribution in [3.05, 3.63) is 65.2 Å². The number of hydrogen-bond donors (Lipinski definition) is 0. The second kappa shape index (κ2) is 6.24. The molecule has 0 aromatic heterocycles. The Balaban J connectivity index is 2.07. The summed E-state index contributed by atoms with van der Waals surface area (Å²) >= 11 is 0. The van der Waals surface area contributed by atoms with Gasteiger partial charge in [-0.2, -0.15) is 0 Å². The highest BCUT2D eigenvalue weighted by Crippen LogP contribution is 2.22. The molecule has 20 heavy (non-hydrogen) atoms. The molecule has 0 fully saturated rings. The van der Waals surface area contributed by atoms with E-state index in [1.54, 1.807) is 12.1 Å². The van der Waals surface area contributed by atoms with Crippen LogP contribution in [0.3, 0.4) is 0 Å². The fourth-order valence-corrected chi connectivity index (χ4v) is 1.90. The van der Waals surface area contributed by atoms with Crippen molar-refractivity contribution in [2.45, 2.75) is 20.0 Å². The number of esters is 1. The van der Waals surface area contributed by atoms with E-state index in [0.717, 1.165) is 11.3 Å². The zero-order chi connectivity index (χ0) is 14.5. The summed E-state index contributed by atoms with van der Waals surface area (Å²) in [5.41, 5.74) is 2.75. The lowest BCUT2D eigenvalue weighted by atomic mass is 10.1. The van der Waals surface area contributed by atoms with Crippen LogP contribution in [0.2, 0.25) is 0 Å². The fourth-order valence-electron chi connectivity index (χ4n) is 1.90. The number of rotatable bonds is 4. The Hall–Kier alpha value is -2.29. The Morgan fingerprint density at radius 2 is 1.60 bits per heavy atom. The standard InChI is InChI=1S/C17H18O3/c1-12-4-10-16(11-5-12)20-13(2)14-6-8-15(9-7-14)17(18)19-3/h4-11,13H,1-3H3. The van der Waals surface area contributed by atoms with E-state index in [2.05, 4.69) is 4.74 Å². The molecule has 0 amide bonds. The number of benzene rings is 2. The van der Waals surface area contributed by atoms with Crippen molar-refractivity contribution in [3.8, 4) is 5.75 Å². The smallest absolute Gasteiger partial charge is 0.337 e. The van der Waals surface area contributed by atoms with Crippen LogP contribution in [0.15, 0.2) is 48.5 Å². The van der Waals surface area contributed by atoms with E-state index in [4.69, 9.17) is 4.74 Å². The van der Waals surface area contributed by atoms with Crippen LogP contribution in [0.25, 0.3) is 0 Å². The van der Waals surface area contributed by atoms with E-state index in [9.17, 15) is 4.79 Å². The highest BCUT2D eigenvalue weighted by molar-refractivity contribution is 5.89. The first-order valence-electron chi connectivity index (χ1n) is 6.52. The molecule has 0 N–H and O–H groups in total. The molecule has 2 rings (SSSR count). The van der Waals surface area contributed by atoms with Gasteiger partial charge in [-0.15, -0.1) is 0 Å². The van der Waals surface area contributed by atoms with Crippen LogP contribution in [0.5, 0.6) is 5.75 Å². The lowest BCUT2D eigenvalue weighted by molar-refractivity contribution is 0.0600. The maximum absolute atomic E-state index is 11.4. The van der Waals surface area contributed by atoms with Crippen molar-refractivity contribution in [2.24, 2.45) is 0 Å². The van der Waals surface area contributed by atoms with Crippen molar-refractivity contribution in [2.75, 3.05) is 7.11 Å². The summed E-state index contributed by atoms with van der Waals surface area (Å²) in [7, 11) is 1.37. The van der Waals surface area contributed by atoms with Crippen LogP contribution in [0.4, 0.5) is 0 Å². The third-order valence-electron chi connectivity index (χ3n) is 3.14. The molecule has 3 heteroatoms. The van der Waals surface area contributed by atoms with Gasteiger partial charge >= 0.3 is 5.97 Å². The van der Waals surface area contributed by atoms with Crippen molar-refractivity contribution in [1.29, 1.82) is 0 Å². The normalized spacial score (nSPS) is 11.8. The summed E-state index contributed by atoms with van der Waals surface area (Å²) in [5, 5.41) is 0. The predicted molar refractivity (Wildman–Crippen MR) is 78.0 cm³/mol. The third kappa shape index (κ3) is 3.38. The van der Waals surface area contributed by atoms with Crippen LogP contribution >= 0.6 is 0 Å². The van der Waals surface area contributed by atoms with Gasteiger partial charge in [0.25, 0.3) is 0 Å². The number of ether oxygens (including phenoxy) is 2. The van der Waals surface area contributed by atoms with Crippen LogP contribution in [-0.4, -0.2) is 13.1 Å². The molecule has 1 atom stereocenters. The van der Waals surface area contributed by atoms with Crippen LogP contribution in [0.1, 0.15) is 34.5 Å². The van der Waals surface area contributed by atoms with Gasteiger partial charge in [-0.25, -0.2) is 4.79 Å². The van der Waals surface area contributed by atoms with Gasteiger partial charge in [0.05, 0.1) is 12.7 Å². The van der Waals surface area contributed by atoms with Gasteiger partial charge in [0.1, 0.15) is 11.9 Å². The van der Waals surface area contributed by atoms with Gasteiger partial charge in [-0.05, 0) is 43.7 Å². The summed E-state index contributed by atoms with van der Waals surface area (Å²) in [6.07, 6.45) is -0.0793. The van der Waals surface area contributed by atoms with E-state index < -0.39 is 0 Å². The molecule has 0 aliphatic rings. The van der Waals surface area contributed by atoms with Gasteiger partial charge in [0, 0.05) is 0 Å². The second-order valence-electron chi connectivity index (χ2n) is 4.69. The molecule has 0 heterocycles. The van der Waals surface area contributed by atoms with Crippen molar-refractivity contribution in [1.82, 2.24) is 0 Å². The van der Waals surface area contributed by atoms with Gasteiger partial charge in [-0.3, -0.25) is 0 Å². The zero-order valence-corrected chi connectivity index (χ0v) is 11.9. The average molecular weight is 270 g/mol. The molecule has 0 saturated carbocycles. The molecular formula is C17H18O3. The minimum absolute atomic E-state index is 0.0793. The van der Waals surface area contributed by atoms with Crippen molar-refractivity contribution < 1.29 is 14.3 Å². The number of carbonyl (C=O) groups is 1. The number of methoxy groups -OCH3 is 1. The highest BCUT2D eigenvalue weighted by atomic mass is 16.5. The average Bonchev–Trinajstić information content (AvgIpc) is 2.49. The molecular weight excluding hydrogens is 252 g/mol. The minimum Gasteiger partial charge on any atom is -0.486 e.